The number of amides is 2. The molecule has 146 valence electrons. The van der Waals surface area contributed by atoms with Gasteiger partial charge in [-0.3, -0.25) is 9.59 Å². The summed E-state index contributed by atoms with van der Waals surface area (Å²) in [7, 11) is 0. The number of piperidine rings is 1. The van der Waals surface area contributed by atoms with E-state index >= 15 is 0 Å². The predicted molar refractivity (Wildman–Crippen MR) is 106 cm³/mol. The van der Waals surface area contributed by atoms with Crippen LogP contribution in [-0.2, 0) is 4.79 Å². The highest BCUT2D eigenvalue weighted by Crippen LogP contribution is 2.34. The van der Waals surface area contributed by atoms with Gasteiger partial charge in [-0.1, -0.05) is 29.3 Å². The van der Waals surface area contributed by atoms with E-state index in [1.165, 1.54) is 0 Å². The largest absolute Gasteiger partial charge is 0.454 e. The van der Waals surface area contributed by atoms with E-state index in [1.54, 1.807) is 41.3 Å². The van der Waals surface area contributed by atoms with Crippen molar-refractivity contribution in [2.45, 2.75) is 12.8 Å². The second-order valence-electron chi connectivity index (χ2n) is 6.73. The number of fused-ring (bicyclic) bond motifs is 1. The third-order valence-corrected chi connectivity index (χ3v) is 5.79. The summed E-state index contributed by atoms with van der Waals surface area (Å²) in [6.07, 6.45) is 1.17. The maximum Gasteiger partial charge on any atom is 0.255 e. The van der Waals surface area contributed by atoms with E-state index in [9.17, 15) is 9.59 Å². The minimum absolute atomic E-state index is 0.0632. The molecule has 2 amide bonds. The van der Waals surface area contributed by atoms with Crippen molar-refractivity contribution in [2.24, 2.45) is 5.92 Å². The number of ether oxygens (including phenoxy) is 2. The van der Waals surface area contributed by atoms with Crippen LogP contribution in [0.3, 0.4) is 0 Å². The summed E-state index contributed by atoms with van der Waals surface area (Å²) in [5, 5.41) is 3.53. The molecule has 0 aliphatic carbocycles. The molecule has 0 bridgehead atoms. The van der Waals surface area contributed by atoms with E-state index in [2.05, 4.69) is 5.32 Å². The second-order valence-corrected chi connectivity index (χ2v) is 7.51. The van der Waals surface area contributed by atoms with Crippen LogP contribution < -0.4 is 14.8 Å². The zero-order chi connectivity index (χ0) is 19.7. The average Bonchev–Trinajstić information content (AvgIpc) is 3.17. The first-order chi connectivity index (χ1) is 13.5. The zero-order valence-corrected chi connectivity index (χ0v) is 16.4. The van der Waals surface area contributed by atoms with E-state index in [4.69, 9.17) is 32.7 Å². The van der Waals surface area contributed by atoms with E-state index in [0.717, 1.165) is 0 Å². The maximum absolute atomic E-state index is 12.7. The lowest BCUT2D eigenvalue weighted by atomic mass is 9.95. The Hall–Kier alpha value is -2.44. The quantitative estimate of drug-likeness (QED) is 0.806. The molecule has 2 aliphatic heterocycles. The Morgan fingerprint density at radius 3 is 2.57 bits per heavy atom. The Kier molecular flexibility index (Phi) is 5.33. The van der Waals surface area contributed by atoms with Crippen LogP contribution in [0, 0.1) is 5.92 Å². The number of nitrogens with one attached hydrogen (secondary N) is 1. The van der Waals surface area contributed by atoms with Crippen LogP contribution in [0.4, 0.5) is 5.69 Å². The fourth-order valence-corrected chi connectivity index (χ4v) is 3.78. The third-order valence-electron chi connectivity index (χ3n) is 4.98. The molecule has 8 heteroatoms. The normalized spacial score (nSPS) is 16.1. The van der Waals surface area contributed by atoms with Gasteiger partial charge in [0.05, 0.1) is 15.6 Å². The summed E-state index contributed by atoms with van der Waals surface area (Å²) in [4.78, 5) is 27.0. The third kappa shape index (κ3) is 3.75. The van der Waals surface area contributed by atoms with Crippen LogP contribution in [0.2, 0.25) is 10.0 Å². The van der Waals surface area contributed by atoms with Crippen molar-refractivity contribution in [3.63, 3.8) is 0 Å². The van der Waals surface area contributed by atoms with E-state index in [0.29, 0.717) is 53.7 Å². The molecule has 2 heterocycles. The lowest BCUT2D eigenvalue weighted by Crippen LogP contribution is -2.41. The molecule has 0 unspecified atom stereocenters. The van der Waals surface area contributed by atoms with Crippen LogP contribution in [0.1, 0.15) is 23.2 Å². The highest BCUT2D eigenvalue weighted by molar-refractivity contribution is 6.43. The fourth-order valence-electron chi connectivity index (χ4n) is 3.40. The molecule has 0 saturated carbocycles. The summed E-state index contributed by atoms with van der Waals surface area (Å²) in [5.74, 6) is 0.902. The van der Waals surface area contributed by atoms with Gasteiger partial charge in [-0.15, -0.1) is 0 Å². The predicted octanol–water partition coefficient (Wildman–Crippen LogP) is 4.21. The number of likely N-dealkylation sites (tertiary alicyclic amines) is 1. The van der Waals surface area contributed by atoms with Gasteiger partial charge >= 0.3 is 0 Å². The summed E-state index contributed by atoms with van der Waals surface area (Å²) in [6.45, 7) is 1.16. The summed E-state index contributed by atoms with van der Waals surface area (Å²) < 4.78 is 10.6. The molecular formula is C20H18Cl2N2O4. The monoisotopic (exact) mass is 420 g/mol. The molecule has 2 aromatic rings. The SMILES string of the molecule is O=C(Nc1ccc2c(c1)OCO2)C1CCN(C(=O)c2cccc(Cl)c2Cl)CC1. The van der Waals surface area contributed by atoms with Gasteiger partial charge in [0, 0.05) is 30.8 Å². The Balaban J connectivity index is 1.35. The standard InChI is InChI=1S/C20H18Cl2N2O4/c21-15-3-1-2-14(18(15)22)20(26)24-8-6-12(7-9-24)19(25)23-13-4-5-16-17(10-13)28-11-27-16/h1-5,10,12H,6-9,11H2,(H,23,25). The van der Waals surface area contributed by atoms with Gasteiger partial charge in [-0.25, -0.2) is 0 Å². The van der Waals surface area contributed by atoms with Crippen molar-refractivity contribution in [1.29, 1.82) is 0 Å². The lowest BCUT2D eigenvalue weighted by Gasteiger charge is -2.31. The van der Waals surface area contributed by atoms with Crippen molar-refractivity contribution in [3.05, 3.63) is 52.0 Å². The van der Waals surface area contributed by atoms with E-state index < -0.39 is 0 Å². The number of carbonyl (C=O) groups is 2. The number of halogens is 2. The molecule has 1 fully saturated rings. The van der Waals surface area contributed by atoms with Crippen LogP contribution >= 0.6 is 23.2 Å². The van der Waals surface area contributed by atoms with Crippen molar-refractivity contribution in [2.75, 3.05) is 25.2 Å². The van der Waals surface area contributed by atoms with Gasteiger partial charge in [-0.05, 0) is 37.1 Å². The molecule has 0 atom stereocenters. The molecule has 4 rings (SSSR count). The number of hydrogen-bond acceptors (Lipinski definition) is 4. The van der Waals surface area contributed by atoms with Gasteiger partial charge < -0.3 is 19.7 Å². The Morgan fingerprint density at radius 2 is 1.79 bits per heavy atom. The first-order valence-electron chi connectivity index (χ1n) is 8.97. The topological polar surface area (TPSA) is 67.9 Å². The van der Waals surface area contributed by atoms with Crippen LogP contribution in [0.15, 0.2) is 36.4 Å². The highest BCUT2D eigenvalue weighted by atomic mass is 35.5. The number of rotatable bonds is 3. The fraction of sp³-hybridized carbons (Fsp3) is 0.300. The minimum Gasteiger partial charge on any atom is -0.454 e. The van der Waals surface area contributed by atoms with Crippen LogP contribution in [-0.4, -0.2) is 36.6 Å². The molecule has 1 N–H and O–H groups in total. The van der Waals surface area contributed by atoms with Crippen molar-refractivity contribution in [1.82, 2.24) is 4.90 Å². The summed E-state index contributed by atoms with van der Waals surface area (Å²) in [5.41, 5.74) is 1.05. The van der Waals surface area contributed by atoms with Gasteiger partial charge in [0.25, 0.3) is 5.91 Å². The van der Waals surface area contributed by atoms with Crippen molar-refractivity contribution < 1.29 is 19.1 Å². The number of anilines is 1. The Bertz CT molecular complexity index is 926. The molecule has 0 radical (unpaired) electrons. The summed E-state index contributed by atoms with van der Waals surface area (Å²) >= 11 is 12.2. The van der Waals surface area contributed by atoms with Crippen molar-refractivity contribution >= 4 is 40.7 Å². The number of carbonyl (C=O) groups excluding carboxylic acids is 2. The molecule has 1 saturated heterocycles. The first-order valence-corrected chi connectivity index (χ1v) is 9.72. The van der Waals surface area contributed by atoms with E-state index in [-0.39, 0.29) is 29.5 Å². The first kappa shape index (κ1) is 18.9. The molecule has 0 aromatic heterocycles. The molecule has 6 nitrogen and oxygen atoms in total. The van der Waals surface area contributed by atoms with Gasteiger partial charge in [0.1, 0.15) is 0 Å². The number of nitrogens with zero attached hydrogens (tertiary/aromatic N) is 1. The van der Waals surface area contributed by atoms with Gasteiger partial charge in [0.2, 0.25) is 12.7 Å². The highest BCUT2D eigenvalue weighted by Gasteiger charge is 2.29. The maximum atomic E-state index is 12.7. The van der Waals surface area contributed by atoms with Crippen LogP contribution in [0.25, 0.3) is 0 Å². The van der Waals surface area contributed by atoms with E-state index in [1.807, 2.05) is 0 Å². The average molecular weight is 421 g/mol. The van der Waals surface area contributed by atoms with Crippen LogP contribution in [0.5, 0.6) is 11.5 Å². The molecule has 28 heavy (non-hydrogen) atoms. The molecule has 2 aromatic carbocycles. The minimum atomic E-state index is -0.165. The van der Waals surface area contributed by atoms with Gasteiger partial charge in [0.15, 0.2) is 11.5 Å². The smallest absolute Gasteiger partial charge is 0.255 e. The van der Waals surface area contributed by atoms with Gasteiger partial charge in [-0.2, -0.15) is 0 Å². The zero-order valence-electron chi connectivity index (χ0n) is 14.9. The molecular weight excluding hydrogens is 403 g/mol. The Morgan fingerprint density at radius 1 is 1.04 bits per heavy atom. The number of benzene rings is 2. The summed E-state index contributed by atoms with van der Waals surface area (Å²) in [6, 6.07) is 10.3. The molecule has 0 spiro atoms. The number of hydrogen-bond donors (Lipinski definition) is 1. The van der Waals surface area contributed by atoms with Crippen molar-refractivity contribution in [3.8, 4) is 11.5 Å². The second kappa shape index (κ2) is 7.89. The Labute approximate surface area is 172 Å². The lowest BCUT2D eigenvalue weighted by molar-refractivity contribution is -0.121. The molecule has 2 aliphatic rings.